The zero-order chi connectivity index (χ0) is 25.0. The number of halogens is 3. The maximum absolute atomic E-state index is 12.6. The monoisotopic (exact) mass is 494 g/mol. The van der Waals surface area contributed by atoms with Gasteiger partial charge in [0.15, 0.2) is 17.4 Å². The van der Waals surface area contributed by atoms with Crippen LogP contribution in [0.1, 0.15) is 5.56 Å². The quantitative estimate of drug-likeness (QED) is 0.329. The first kappa shape index (κ1) is 23.3. The Bertz CT molecular complexity index is 1360. The smallest absolute Gasteiger partial charge is 0.462 e. The van der Waals surface area contributed by atoms with Gasteiger partial charge in [-0.2, -0.15) is 0 Å². The van der Waals surface area contributed by atoms with Crippen molar-refractivity contribution in [3.8, 4) is 28.5 Å². The summed E-state index contributed by atoms with van der Waals surface area (Å²) in [4.78, 5) is 5.26. The van der Waals surface area contributed by atoms with Gasteiger partial charge in [-0.15, -0.1) is 23.4 Å². The summed E-state index contributed by atoms with van der Waals surface area (Å²) in [5, 5.41) is 8.45. The number of nitrogens with zero attached hydrogens (tertiary/aromatic N) is 3. The molecule has 0 spiro atoms. The number of benzene rings is 3. The summed E-state index contributed by atoms with van der Waals surface area (Å²) in [6.45, 7) is 1.23. The predicted molar refractivity (Wildman–Crippen MR) is 127 cm³/mol. The molecule has 0 atom stereocenters. The Labute approximate surface area is 204 Å². The lowest BCUT2D eigenvalue weighted by Crippen LogP contribution is -2.26. The van der Waals surface area contributed by atoms with Gasteiger partial charge in [-0.3, -0.25) is 0 Å². The first-order valence-electron chi connectivity index (χ1n) is 11.1. The van der Waals surface area contributed by atoms with E-state index in [4.69, 9.17) is 9.47 Å². The highest BCUT2D eigenvalue weighted by Crippen LogP contribution is 2.32. The molecular weight excluding hydrogens is 473 g/mol. The average Bonchev–Trinajstić information content (AvgIpc) is 3.56. The van der Waals surface area contributed by atoms with Crippen molar-refractivity contribution in [2.24, 2.45) is 0 Å². The molecule has 0 unspecified atom stereocenters. The Morgan fingerprint density at radius 1 is 0.889 bits per heavy atom. The van der Waals surface area contributed by atoms with E-state index >= 15 is 0 Å². The van der Waals surface area contributed by atoms with E-state index in [9.17, 15) is 13.2 Å². The molecule has 0 fully saturated rings. The molecule has 0 bridgehead atoms. The van der Waals surface area contributed by atoms with Crippen LogP contribution in [0.5, 0.6) is 5.75 Å². The summed E-state index contributed by atoms with van der Waals surface area (Å²) in [6.07, 6.45) is -3.18. The molecule has 3 aromatic carbocycles. The van der Waals surface area contributed by atoms with E-state index in [2.05, 4.69) is 24.8 Å². The SMILES string of the molecule is FC(F)(F)Oc1cccc(-c2nnc(-c3ccccc3N(CC3=COCO3)Cc3ccccc3)[nH]2)c1. The van der Waals surface area contributed by atoms with E-state index in [1.165, 1.54) is 18.2 Å². The van der Waals surface area contributed by atoms with Crippen molar-refractivity contribution < 1.29 is 27.4 Å². The highest BCUT2D eigenvalue weighted by molar-refractivity contribution is 5.75. The molecule has 36 heavy (non-hydrogen) atoms. The van der Waals surface area contributed by atoms with Crippen molar-refractivity contribution in [3.05, 3.63) is 96.4 Å². The van der Waals surface area contributed by atoms with Gasteiger partial charge in [-0.05, 0) is 29.8 Å². The summed E-state index contributed by atoms with van der Waals surface area (Å²) >= 11 is 0. The molecule has 4 aromatic rings. The summed E-state index contributed by atoms with van der Waals surface area (Å²) in [5.41, 5.74) is 3.16. The van der Waals surface area contributed by atoms with Crippen molar-refractivity contribution in [2.45, 2.75) is 12.9 Å². The van der Waals surface area contributed by atoms with Gasteiger partial charge in [-0.1, -0.05) is 54.6 Å². The number of alkyl halides is 3. The number of hydrogen-bond acceptors (Lipinski definition) is 6. The lowest BCUT2D eigenvalue weighted by Gasteiger charge is -2.26. The molecule has 184 valence electrons. The number of rotatable bonds is 8. The topological polar surface area (TPSA) is 72.5 Å². The van der Waals surface area contributed by atoms with Crippen LogP contribution < -0.4 is 9.64 Å². The zero-order valence-electron chi connectivity index (χ0n) is 18.9. The fraction of sp³-hybridized carbons (Fsp3) is 0.154. The molecule has 0 amide bonds. The minimum atomic E-state index is -4.78. The van der Waals surface area contributed by atoms with Gasteiger partial charge < -0.3 is 24.1 Å². The van der Waals surface area contributed by atoms with Crippen LogP contribution in [0.4, 0.5) is 18.9 Å². The van der Waals surface area contributed by atoms with Gasteiger partial charge >= 0.3 is 6.36 Å². The lowest BCUT2D eigenvalue weighted by molar-refractivity contribution is -0.274. The molecule has 0 radical (unpaired) electrons. The number of para-hydroxylation sites is 1. The van der Waals surface area contributed by atoms with Crippen LogP contribution in [-0.4, -0.2) is 34.9 Å². The zero-order valence-corrected chi connectivity index (χ0v) is 18.9. The van der Waals surface area contributed by atoms with Crippen molar-refractivity contribution in [3.63, 3.8) is 0 Å². The van der Waals surface area contributed by atoms with Gasteiger partial charge in [-0.25, -0.2) is 0 Å². The number of H-pyrrole nitrogens is 1. The highest BCUT2D eigenvalue weighted by Gasteiger charge is 2.31. The van der Waals surface area contributed by atoms with Crippen molar-refractivity contribution in [2.75, 3.05) is 18.2 Å². The normalized spacial score (nSPS) is 13.0. The van der Waals surface area contributed by atoms with Crippen molar-refractivity contribution in [1.82, 2.24) is 15.2 Å². The molecule has 0 aliphatic carbocycles. The molecule has 0 saturated heterocycles. The van der Waals surface area contributed by atoms with Gasteiger partial charge in [0.25, 0.3) is 0 Å². The van der Waals surface area contributed by atoms with E-state index < -0.39 is 6.36 Å². The number of ether oxygens (including phenoxy) is 3. The molecular formula is C26H21F3N4O3. The molecule has 7 nitrogen and oxygen atoms in total. The summed E-state index contributed by atoms with van der Waals surface area (Å²) in [5.74, 6) is 1.15. The molecule has 1 N–H and O–H groups in total. The fourth-order valence-corrected chi connectivity index (χ4v) is 3.88. The lowest BCUT2D eigenvalue weighted by atomic mass is 10.1. The first-order chi connectivity index (χ1) is 17.4. The average molecular weight is 494 g/mol. The fourth-order valence-electron chi connectivity index (χ4n) is 3.88. The molecule has 5 rings (SSSR count). The Morgan fingerprint density at radius 3 is 2.44 bits per heavy atom. The highest BCUT2D eigenvalue weighted by atomic mass is 19.4. The van der Waals surface area contributed by atoms with Gasteiger partial charge in [0.05, 0.1) is 6.54 Å². The number of aromatic nitrogens is 3. The van der Waals surface area contributed by atoms with Crippen LogP contribution in [0.3, 0.4) is 0 Å². The summed E-state index contributed by atoms with van der Waals surface area (Å²) in [7, 11) is 0. The number of anilines is 1. The maximum atomic E-state index is 12.6. The van der Waals surface area contributed by atoms with Crippen molar-refractivity contribution >= 4 is 5.69 Å². The van der Waals surface area contributed by atoms with Crippen LogP contribution in [0, 0.1) is 0 Å². The van der Waals surface area contributed by atoms with E-state index in [0.717, 1.165) is 16.8 Å². The summed E-state index contributed by atoms with van der Waals surface area (Å²) in [6, 6.07) is 23.3. The van der Waals surface area contributed by atoms with Crippen LogP contribution in [0.25, 0.3) is 22.8 Å². The third-order valence-corrected chi connectivity index (χ3v) is 5.42. The Balaban J connectivity index is 1.47. The number of aromatic amines is 1. The first-order valence-corrected chi connectivity index (χ1v) is 11.1. The standard InChI is InChI=1S/C26H21F3N4O3/c27-26(28,29)36-20-10-6-9-19(13-20)24-30-25(32-31-24)22-11-4-5-12-23(22)33(15-21-16-34-17-35-21)14-18-7-2-1-3-8-18/h1-13,16H,14-15,17H2,(H,30,31,32). The largest absolute Gasteiger partial charge is 0.573 e. The van der Waals surface area contributed by atoms with Crippen LogP contribution in [0.2, 0.25) is 0 Å². The maximum Gasteiger partial charge on any atom is 0.573 e. The van der Waals surface area contributed by atoms with Gasteiger partial charge in [0, 0.05) is 23.4 Å². The second-order valence-electron chi connectivity index (χ2n) is 7.97. The van der Waals surface area contributed by atoms with Crippen LogP contribution >= 0.6 is 0 Å². The third kappa shape index (κ3) is 5.60. The van der Waals surface area contributed by atoms with Crippen LogP contribution in [-0.2, 0) is 16.0 Å². The van der Waals surface area contributed by atoms with E-state index in [0.29, 0.717) is 36.1 Å². The number of hydrogen-bond donors (Lipinski definition) is 1. The minimum absolute atomic E-state index is 0.179. The van der Waals surface area contributed by atoms with Crippen LogP contribution in [0.15, 0.2) is 90.9 Å². The van der Waals surface area contributed by atoms with Gasteiger partial charge in [0.1, 0.15) is 12.0 Å². The number of nitrogens with one attached hydrogen (secondary N) is 1. The minimum Gasteiger partial charge on any atom is -0.462 e. The third-order valence-electron chi connectivity index (χ3n) is 5.42. The second kappa shape index (κ2) is 10.0. The molecule has 1 aliphatic heterocycles. The van der Waals surface area contributed by atoms with E-state index in [-0.39, 0.29) is 12.5 Å². The Morgan fingerprint density at radius 2 is 1.67 bits per heavy atom. The second-order valence-corrected chi connectivity index (χ2v) is 7.97. The predicted octanol–water partition coefficient (Wildman–Crippen LogP) is 5.89. The van der Waals surface area contributed by atoms with E-state index in [1.807, 2.05) is 54.6 Å². The molecule has 10 heteroatoms. The molecule has 1 aromatic heterocycles. The molecule has 2 heterocycles. The molecule has 1 aliphatic rings. The summed E-state index contributed by atoms with van der Waals surface area (Å²) < 4.78 is 52.7. The van der Waals surface area contributed by atoms with Gasteiger partial charge in [0.2, 0.25) is 6.79 Å². The van der Waals surface area contributed by atoms with Crippen molar-refractivity contribution in [1.29, 1.82) is 0 Å². The Hall–Kier alpha value is -4.47. The Kier molecular flexibility index (Phi) is 6.48. The molecule has 0 saturated carbocycles. The van der Waals surface area contributed by atoms with E-state index in [1.54, 1.807) is 12.3 Å².